The fourth-order valence-corrected chi connectivity index (χ4v) is 1.85. The van der Waals surface area contributed by atoms with Crippen LogP contribution in [0, 0.1) is 11.3 Å². The summed E-state index contributed by atoms with van der Waals surface area (Å²) in [6.45, 7) is 0. The van der Waals surface area contributed by atoms with Crippen molar-refractivity contribution in [2.75, 3.05) is 0 Å². The van der Waals surface area contributed by atoms with E-state index in [1.54, 1.807) is 30.5 Å². The molecule has 0 aliphatic rings. The minimum Gasteiger partial charge on any atom is -0.455 e. The summed E-state index contributed by atoms with van der Waals surface area (Å²) in [4.78, 5) is 3.92. The number of rotatable bonds is 2. The molecule has 84 valence electrons. The second kappa shape index (κ2) is 5.17. The Labute approximate surface area is 112 Å². The number of aromatic nitrogens is 1. The minimum atomic E-state index is 0.507. The largest absolute Gasteiger partial charge is 0.455 e. The van der Waals surface area contributed by atoms with Gasteiger partial charge in [-0.2, -0.15) is 5.26 Å². The second-order valence-corrected chi connectivity index (χ2v) is 4.49. The van der Waals surface area contributed by atoms with Gasteiger partial charge in [-0.1, -0.05) is 11.6 Å². The van der Waals surface area contributed by atoms with Crippen LogP contribution in [-0.2, 0) is 0 Å². The molecular formula is C12H6BrClN2O. The van der Waals surface area contributed by atoms with Crippen LogP contribution in [0.5, 0.6) is 11.5 Å². The molecule has 2 aromatic rings. The van der Waals surface area contributed by atoms with Crippen molar-refractivity contribution < 1.29 is 4.74 Å². The van der Waals surface area contributed by atoms with Gasteiger partial charge >= 0.3 is 0 Å². The number of ether oxygens (including phenoxy) is 1. The maximum atomic E-state index is 8.74. The van der Waals surface area contributed by atoms with E-state index in [-0.39, 0.29) is 0 Å². The van der Waals surface area contributed by atoms with Gasteiger partial charge < -0.3 is 4.74 Å². The SMILES string of the molecule is N#Cc1ccc(Oc2cncc(Cl)c2)c(Br)c1. The van der Waals surface area contributed by atoms with Gasteiger partial charge in [0.25, 0.3) is 0 Å². The van der Waals surface area contributed by atoms with E-state index in [0.717, 1.165) is 0 Å². The van der Waals surface area contributed by atoms with Crippen molar-refractivity contribution in [3.05, 3.63) is 51.7 Å². The molecule has 0 unspecified atom stereocenters. The lowest BCUT2D eigenvalue weighted by atomic mass is 10.2. The summed E-state index contributed by atoms with van der Waals surface area (Å²) in [5, 5.41) is 9.25. The van der Waals surface area contributed by atoms with Crippen LogP contribution in [0.25, 0.3) is 0 Å². The van der Waals surface area contributed by atoms with Crippen LogP contribution in [0.15, 0.2) is 41.1 Å². The minimum absolute atomic E-state index is 0.507. The first-order valence-electron chi connectivity index (χ1n) is 4.67. The third kappa shape index (κ3) is 2.96. The molecule has 0 N–H and O–H groups in total. The van der Waals surface area contributed by atoms with E-state index in [1.807, 2.05) is 6.07 Å². The summed E-state index contributed by atoms with van der Waals surface area (Å²) in [6.07, 6.45) is 3.10. The molecule has 0 amide bonds. The highest BCUT2D eigenvalue weighted by molar-refractivity contribution is 9.10. The van der Waals surface area contributed by atoms with Gasteiger partial charge in [0, 0.05) is 12.3 Å². The molecule has 1 heterocycles. The Hall–Kier alpha value is -1.57. The molecule has 0 radical (unpaired) electrons. The van der Waals surface area contributed by atoms with Crippen LogP contribution in [0.2, 0.25) is 5.02 Å². The van der Waals surface area contributed by atoms with E-state index in [0.29, 0.717) is 26.6 Å². The number of hydrogen-bond donors (Lipinski definition) is 0. The van der Waals surface area contributed by atoms with Crippen LogP contribution in [0.1, 0.15) is 5.56 Å². The number of halogens is 2. The first kappa shape index (κ1) is 11.9. The molecule has 0 aliphatic heterocycles. The molecule has 0 fully saturated rings. The second-order valence-electron chi connectivity index (χ2n) is 3.20. The molecule has 0 bridgehead atoms. The highest BCUT2D eigenvalue weighted by atomic mass is 79.9. The molecule has 0 atom stereocenters. The normalized spacial score (nSPS) is 9.71. The highest BCUT2D eigenvalue weighted by Crippen LogP contribution is 2.30. The predicted molar refractivity (Wildman–Crippen MR) is 68.2 cm³/mol. The molecule has 0 saturated carbocycles. The van der Waals surface area contributed by atoms with Gasteiger partial charge in [-0.05, 0) is 34.1 Å². The number of pyridine rings is 1. The summed E-state index contributed by atoms with van der Waals surface area (Å²) >= 11 is 9.14. The van der Waals surface area contributed by atoms with Gasteiger partial charge in [0.2, 0.25) is 0 Å². The van der Waals surface area contributed by atoms with Gasteiger partial charge in [0.1, 0.15) is 11.5 Å². The lowest BCUT2D eigenvalue weighted by Crippen LogP contribution is -1.87. The van der Waals surface area contributed by atoms with E-state index in [1.165, 1.54) is 6.20 Å². The Morgan fingerprint density at radius 1 is 1.29 bits per heavy atom. The van der Waals surface area contributed by atoms with E-state index in [9.17, 15) is 0 Å². The lowest BCUT2D eigenvalue weighted by Gasteiger charge is -2.07. The van der Waals surface area contributed by atoms with Crippen molar-refractivity contribution in [1.82, 2.24) is 4.98 Å². The van der Waals surface area contributed by atoms with Crippen molar-refractivity contribution in [3.63, 3.8) is 0 Å². The van der Waals surface area contributed by atoms with E-state index >= 15 is 0 Å². The molecule has 2 rings (SSSR count). The summed E-state index contributed by atoms with van der Waals surface area (Å²) in [5.74, 6) is 1.15. The van der Waals surface area contributed by atoms with Gasteiger partial charge in [0.05, 0.1) is 27.3 Å². The third-order valence-corrected chi connectivity index (χ3v) is 2.79. The van der Waals surface area contributed by atoms with Gasteiger partial charge in [-0.3, -0.25) is 4.98 Å². The Morgan fingerprint density at radius 2 is 2.12 bits per heavy atom. The average Bonchev–Trinajstić information content (AvgIpc) is 2.32. The number of hydrogen-bond acceptors (Lipinski definition) is 3. The lowest BCUT2D eigenvalue weighted by molar-refractivity contribution is 0.477. The smallest absolute Gasteiger partial charge is 0.147 e. The molecule has 17 heavy (non-hydrogen) atoms. The highest BCUT2D eigenvalue weighted by Gasteiger charge is 2.04. The van der Waals surface area contributed by atoms with Crippen LogP contribution in [0.3, 0.4) is 0 Å². The maximum absolute atomic E-state index is 8.74. The van der Waals surface area contributed by atoms with Crippen molar-refractivity contribution in [3.8, 4) is 17.6 Å². The first-order chi connectivity index (χ1) is 8.19. The Balaban J connectivity index is 2.28. The monoisotopic (exact) mass is 308 g/mol. The molecule has 1 aromatic heterocycles. The summed E-state index contributed by atoms with van der Waals surface area (Å²) < 4.78 is 6.29. The molecule has 5 heteroatoms. The molecule has 3 nitrogen and oxygen atoms in total. The van der Waals surface area contributed by atoms with Gasteiger partial charge in [0.15, 0.2) is 0 Å². The third-order valence-electron chi connectivity index (χ3n) is 1.97. The van der Waals surface area contributed by atoms with Crippen molar-refractivity contribution in [1.29, 1.82) is 5.26 Å². The zero-order chi connectivity index (χ0) is 12.3. The van der Waals surface area contributed by atoms with E-state index < -0.39 is 0 Å². The summed E-state index contributed by atoms with van der Waals surface area (Å²) in [6, 6.07) is 8.79. The van der Waals surface area contributed by atoms with Crippen molar-refractivity contribution in [2.24, 2.45) is 0 Å². The number of benzene rings is 1. The Kier molecular flexibility index (Phi) is 3.62. The van der Waals surface area contributed by atoms with Gasteiger partial charge in [-0.25, -0.2) is 0 Å². The van der Waals surface area contributed by atoms with Crippen LogP contribution < -0.4 is 4.74 Å². The Bertz CT molecular complexity index is 595. The Morgan fingerprint density at radius 3 is 2.76 bits per heavy atom. The zero-order valence-corrected chi connectivity index (χ0v) is 10.9. The fourth-order valence-electron chi connectivity index (χ4n) is 1.23. The van der Waals surface area contributed by atoms with Gasteiger partial charge in [-0.15, -0.1) is 0 Å². The predicted octanol–water partition coefficient (Wildman–Crippen LogP) is 4.16. The topological polar surface area (TPSA) is 45.9 Å². The van der Waals surface area contributed by atoms with Crippen LogP contribution in [-0.4, -0.2) is 4.98 Å². The summed E-state index contributed by atoms with van der Waals surface area (Å²) in [7, 11) is 0. The molecule has 1 aromatic carbocycles. The summed E-state index contributed by atoms with van der Waals surface area (Å²) in [5.41, 5.74) is 0.563. The van der Waals surface area contributed by atoms with Crippen LogP contribution >= 0.6 is 27.5 Å². The average molecular weight is 310 g/mol. The molecule has 0 aliphatic carbocycles. The maximum Gasteiger partial charge on any atom is 0.147 e. The van der Waals surface area contributed by atoms with E-state index in [4.69, 9.17) is 21.6 Å². The standard InChI is InChI=1S/C12H6BrClN2O/c13-11-3-8(5-15)1-2-12(11)17-10-4-9(14)6-16-7-10/h1-4,6-7H. The van der Waals surface area contributed by atoms with Crippen molar-refractivity contribution in [2.45, 2.75) is 0 Å². The zero-order valence-electron chi connectivity index (χ0n) is 8.52. The molecule has 0 spiro atoms. The quantitative estimate of drug-likeness (QED) is 0.836. The first-order valence-corrected chi connectivity index (χ1v) is 5.84. The van der Waals surface area contributed by atoms with Crippen molar-refractivity contribution >= 4 is 27.5 Å². The molecule has 0 saturated heterocycles. The number of nitriles is 1. The van der Waals surface area contributed by atoms with Crippen LogP contribution in [0.4, 0.5) is 0 Å². The van der Waals surface area contributed by atoms with E-state index in [2.05, 4.69) is 20.9 Å². The number of nitrogens with zero attached hydrogens (tertiary/aromatic N) is 2. The fraction of sp³-hybridized carbons (Fsp3) is 0. The molecular weight excluding hydrogens is 304 g/mol.